The van der Waals surface area contributed by atoms with Crippen molar-refractivity contribution in [3.8, 4) is 0 Å². The van der Waals surface area contributed by atoms with E-state index in [0.717, 1.165) is 0 Å². The number of allylic oxidation sites excluding steroid dienone is 4. The van der Waals surface area contributed by atoms with E-state index in [4.69, 9.17) is 9.47 Å². The van der Waals surface area contributed by atoms with Gasteiger partial charge in [-0.1, -0.05) is 85.6 Å². The Bertz CT molecular complexity index is 1780. The zero-order chi connectivity index (χ0) is 49.4. The summed E-state index contributed by atoms with van der Waals surface area (Å²) < 4.78 is 11.9. The highest BCUT2D eigenvalue weighted by molar-refractivity contribution is 6.12. The van der Waals surface area contributed by atoms with Gasteiger partial charge >= 0.3 is 5.97 Å². The number of aliphatic carboxylic acids is 1. The number of carboxylic acid groups (broad SMARTS) is 1. The van der Waals surface area contributed by atoms with Crippen molar-refractivity contribution in [2.24, 2.45) is 29.6 Å². The molecule has 1 saturated heterocycles. The van der Waals surface area contributed by atoms with Crippen LogP contribution in [-0.2, 0) is 47.8 Å². The van der Waals surface area contributed by atoms with Gasteiger partial charge in [0.05, 0.1) is 36.6 Å². The van der Waals surface area contributed by atoms with Crippen molar-refractivity contribution >= 4 is 47.3 Å². The number of carbonyl (C=O) groups is 8. The maximum absolute atomic E-state index is 14.6. The lowest BCUT2D eigenvalue weighted by molar-refractivity contribution is -0.149. The molecule has 3 N–H and O–H groups in total. The van der Waals surface area contributed by atoms with Gasteiger partial charge in [0.2, 0.25) is 29.5 Å². The lowest BCUT2D eigenvalue weighted by Crippen LogP contribution is -2.60. The van der Waals surface area contributed by atoms with Crippen molar-refractivity contribution in [2.45, 2.75) is 155 Å². The Morgan fingerprint density at radius 3 is 2.08 bits per heavy atom. The molecule has 0 saturated carbocycles. The highest BCUT2D eigenvalue weighted by Crippen LogP contribution is 2.30. The third-order valence-corrected chi connectivity index (χ3v) is 13.6. The van der Waals surface area contributed by atoms with Gasteiger partial charge in [0.1, 0.15) is 18.1 Å². The van der Waals surface area contributed by atoms with Crippen LogP contribution in [0.4, 0.5) is 0 Å². The van der Waals surface area contributed by atoms with Gasteiger partial charge in [0, 0.05) is 60.0 Å². The van der Waals surface area contributed by atoms with E-state index in [-0.39, 0.29) is 79.0 Å². The van der Waals surface area contributed by atoms with Crippen LogP contribution in [-0.4, -0.2) is 156 Å². The van der Waals surface area contributed by atoms with E-state index in [1.807, 2.05) is 65.8 Å². The molecular formula is C49H78N6O11. The van der Waals surface area contributed by atoms with E-state index in [1.165, 1.54) is 36.2 Å². The molecule has 17 heteroatoms. The average Bonchev–Trinajstić information content (AvgIpc) is 3.89. The smallest absolute Gasteiger partial charge is 0.326 e. The molecule has 0 aromatic heterocycles. The fourth-order valence-corrected chi connectivity index (χ4v) is 9.54. The maximum atomic E-state index is 14.6. The normalized spacial score (nSPS) is 20.7. The van der Waals surface area contributed by atoms with E-state index < -0.39 is 66.1 Å². The first-order chi connectivity index (χ1) is 31.2. The van der Waals surface area contributed by atoms with Crippen molar-refractivity contribution in [2.75, 3.05) is 41.4 Å². The topological polar surface area (TPSA) is 212 Å². The number of rotatable bonds is 27. The van der Waals surface area contributed by atoms with E-state index in [0.29, 0.717) is 51.5 Å². The number of amides is 7. The molecule has 1 aliphatic carbocycles. The molecule has 1 fully saturated rings. The molecule has 0 aromatic carbocycles. The highest BCUT2D eigenvalue weighted by Gasteiger charge is 2.44. The van der Waals surface area contributed by atoms with Crippen LogP contribution in [0.2, 0.25) is 0 Å². The fourth-order valence-electron chi connectivity index (χ4n) is 9.54. The number of nitrogens with one attached hydrogen (secondary N) is 2. The maximum Gasteiger partial charge on any atom is 0.326 e. The van der Waals surface area contributed by atoms with Crippen LogP contribution < -0.4 is 10.6 Å². The monoisotopic (exact) mass is 927 g/mol. The molecule has 7 amide bonds. The van der Waals surface area contributed by atoms with Gasteiger partial charge in [0.15, 0.2) is 0 Å². The summed E-state index contributed by atoms with van der Waals surface area (Å²) in [6, 6.07) is -3.97. The Hall–Kier alpha value is -4.90. The van der Waals surface area contributed by atoms with Gasteiger partial charge in [-0.15, -0.1) is 0 Å². The van der Waals surface area contributed by atoms with Crippen molar-refractivity contribution in [1.29, 1.82) is 0 Å². The molecule has 0 aromatic rings. The second-order valence-corrected chi connectivity index (χ2v) is 18.9. The Morgan fingerprint density at radius 2 is 1.53 bits per heavy atom. The third-order valence-electron chi connectivity index (χ3n) is 13.6. The summed E-state index contributed by atoms with van der Waals surface area (Å²) in [4.78, 5) is 112. The second kappa shape index (κ2) is 26.4. The van der Waals surface area contributed by atoms with Gasteiger partial charge in [-0.2, -0.15) is 0 Å². The summed E-state index contributed by atoms with van der Waals surface area (Å²) in [7, 11) is 6.22. The van der Waals surface area contributed by atoms with Crippen LogP contribution in [0.25, 0.3) is 0 Å². The summed E-state index contributed by atoms with van der Waals surface area (Å²) in [5.74, 6) is -5.15. The molecule has 370 valence electrons. The number of methoxy groups -OCH3 is 2. The zero-order valence-corrected chi connectivity index (χ0v) is 41.2. The van der Waals surface area contributed by atoms with Gasteiger partial charge in [-0.05, 0) is 62.2 Å². The first-order valence-electron chi connectivity index (χ1n) is 23.8. The van der Waals surface area contributed by atoms with Crippen LogP contribution in [0.5, 0.6) is 0 Å². The number of nitrogens with zero attached hydrogens (tertiary/aromatic N) is 4. The SMILES string of the molecule is CC[C@H](C)[C@@H]([C@@H](CC(=O)N1CCC[C@H]1[C@H](OC)[C@@H](C)C(=O)NC(CC1C=CC=CC1)C(=O)O)OC)N(C)C(=O)[C@@H](NC(=O)[C@H](C(C)C)N(C)C(=O)CCCCCN1C(=O)C=CC1=O)C(C)C. The van der Waals surface area contributed by atoms with Crippen molar-refractivity contribution in [1.82, 2.24) is 30.2 Å². The summed E-state index contributed by atoms with van der Waals surface area (Å²) in [5, 5.41) is 15.6. The Labute approximate surface area is 392 Å². The molecule has 3 aliphatic rings. The van der Waals surface area contributed by atoms with E-state index in [2.05, 4.69) is 10.6 Å². The van der Waals surface area contributed by atoms with Crippen LogP contribution in [0.1, 0.15) is 113 Å². The molecule has 66 heavy (non-hydrogen) atoms. The van der Waals surface area contributed by atoms with Gasteiger partial charge < -0.3 is 39.9 Å². The highest BCUT2D eigenvalue weighted by atomic mass is 16.5. The summed E-state index contributed by atoms with van der Waals surface area (Å²) in [5.41, 5.74) is 0. The van der Waals surface area contributed by atoms with Crippen LogP contribution in [0, 0.1) is 29.6 Å². The predicted octanol–water partition coefficient (Wildman–Crippen LogP) is 4.11. The average molecular weight is 927 g/mol. The molecule has 2 heterocycles. The molecule has 3 rings (SSSR count). The minimum absolute atomic E-state index is 0.0195. The quantitative estimate of drug-likeness (QED) is 0.0789. The molecule has 2 unspecified atom stereocenters. The lowest BCUT2D eigenvalue weighted by Gasteiger charge is -2.41. The molecule has 0 radical (unpaired) electrons. The molecule has 2 aliphatic heterocycles. The van der Waals surface area contributed by atoms with Crippen LogP contribution in [0.3, 0.4) is 0 Å². The van der Waals surface area contributed by atoms with Crippen molar-refractivity contribution in [3.05, 3.63) is 36.5 Å². The first kappa shape index (κ1) is 55.4. The summed E-state index contributed by atoms with van der Waals surface area (Å²) in [6.45, 7) is 13.7. The number of carboxylic acids is 1. The number of likely N-dealkylation sites (tertiary alicyclic amines) is 1. The Kier molecular flexibility index (Phi) is 22.2. The summed E-state index contributed by atoms with van der Waals surface area (Å²) >= 11 is 0. The van der Waals surface area contributed by atoms with Crippen LogP contribution in [0.15, 0.2) is 36.5 Å². The molecular weight excluding hydrogens is 849 g/mol. The Morgan fingerprint density at radius 1 is 0.864 bits per heavy atom. The molecule has 17 nitrogen and oxygen atoms in total. The predicted molar refractivity (Wildman–Crippen MR) is 249 cm³/mol. The van der Waals surface area contributed by atoms with E-state index in [9.17, 15) is 43.5 Å². The van der Waals surface area contributed by atoms with E-state index in [1.54, 1.807) is 30.8 Å². The number of unbranched alkanes of at least 4 members (excludes halogenated alkanes) is 2. The Balaban J connectivity index is 1.70. The summed E-state index contributed by atoms with van der Waals surface area (Å²) in [6.07, 6.45) is 13.3. The largest absolute Gasteiger partial charge is 0.480 e. The fraction of sp³-hybridized carbons (Fsp3) is 0.714. The van der Waals surface area contributed by atoms with E-state index >= 15 is 0 Å². The standard InChI is InChI=1S/C49H78N6O11/c1-12-32(6)44(37(65-10)29-41(59)54-27-19-22-36(54)45(66-11)33(7)46(60)50-35(49(63)64)28-34-20-15-13-16-21-34)53(9)48(62)42(30(2)3)51-47(61)43(31(4)5)52(8)38(56)23-17-14-18-26-55-39(57)24-25-40(55)58/h13,15-16,20,24-25,30-37,42-45H,12,14,17-19,21-23,26-29H2,1-11H3,(H,50,60)(H,51,61)(H,63,64)/t32-,33+,34?,35?,36-,37+,42-,43-,44-,45+/m0/s1. The van der Waals surface area contributed by atoms with Gasteiger partial charge in [-0.3, -0.25) is 38.5 Å². The number of hydrogen-bond donors (Lipinski definition) is 3. The molecule has 0 bridgehead atoms. The number of hydrogen-bond acceptors (Lipinski definition) is 10. The number of carbonyl (C=O) groups excluding carboxylic acids is 7. The molecule has 10 atom stereocenters. The lowest BCUT2D eigenvalue weighted by atomic mass is 9.89. The zero-order valence-electron chi connectivity index (χ0n) is 41.2. The van der Waals surface area contributed by atoms with Crippen LogP contribution >= 0.6 is 0 Å². The second-order valence-electron chi connectivity index (χ2n) is 18.9. The molecule has 0 spiro atoms. The number of imide groups is 1. The van der Waals surface area contributed by atoms with Gasteiger partial charge in [0.25, 0.3) is 11.8 Å². The minimum atomic E-state index is -1.12. The third kappa shape index (κ3) is 14.8. The number of likely N-dealkylation sites (N-methyl/N-ethyl adjacent to an activating group) is 2. The number of ether oxygens (including phenoxy) is 2. The van der Waals surface area contributed by atoms with Crippen molar-refractivity contribution in [3.63, 3.8) is 0 Å². The van der Waals surface area contributed by atoms with Crippen molar-refractivity contribution < 1.29 is 52.9 Å². The van der Waals surface area contributed by atoms with Gasteiger partial charge in [-0.25, -0.2) is 4.79 Å². The first-order valence-corrected chi connectivity index (χ1v) is 23.8. The minimum Gasteiger partial charge on any atom is -0.480 e.